The Kier molecular flexibility index (Phi) is 9.23. The maximum atomic E-state index is 5.58. The van der Waals surface area contributed by atoms with E-state index in [9.17, 15) is 0 Å². The molecule has 1 aromatic carbocycles. The molecule has 0 amide bonds. The fourth-order valence-electron chi connectivity index (χ4n) is 0.939. The summed E-state index contributed by atoms with van der Waals surface area (Å²) in [4.78, 5) is 0. The summed E-state index contributed by atoms with van der Waals surface area (Å²) < 4.78 is 0. The van der Waals surface area contributed by atoms with Crippen LogP contribution >= 0.6 is 23.2 Å². The normalized spacial score (nSPS) is 9.14. The number of rotatable bonds is 3. The summed E-state index contributed by atoms with van der Waals surface area (Å²) in [6, 6.07) is 7.19. The van der Waals surface area contributed by atoms with E-state index >= 15 is 0 Å². The molecule has 14 heavy (non-hydrogen) atoms. The molecule has 0 unspecified atom stereocenters. The predicted octanol–water partition coefficient (Wildman–Crippen LogP) is 5.58. The third-order valence-corrected chi connectivity index (χ3v) is 2.54. The first kappa shape index (κ1) is 13.8. The number of hydrogen-bond acceptors (Lipinski definition) is 0. The van der Waals surface area contributed by atoms with Crippen LogP contribution in [-0.2, 0) is 0 Å². The zero-order valence-corrected chi connectivity index (χ0v) is 10.4. The smallest absolute Gasteiger partial charge is 0.0592 e. The van der Waals surface area contributed by atoms with Crippen LogP contribution in [0.15, 0.2) is 24.3 Å². The lowest BCUT2D eigenvalue weighted by Gasteiger charge is -1.88. The topological polar surface area (TPSA) is 0 Å². The Morgan fingerprint density at radius 1 is 0.857 bits per heavy atom. The van der Waals surface area contributed by atoms with Crippen molar-refractivity contribution in [3.05, 3.63) is 34.3 Å². The first-order valence-electron chi connectivity index (χ1n) is 5.12. The summed E-state index contributed by atoms with van der Waals surface area (Å²) >= 11 is 11.2. The van der Waals surface area contributed by atoms with Crippen LogP contribution in [-0.4, -0.2) is 0 Å². The van der Waals surface area contributed by atoms with Crippen LogP contribution in [0.1, 0.15) is 39.5 Å². The highest BCUT2D eigenvalue weighted by molar-refractivity contribution is 6.41. The second-order valence-corrected chi connectivity index (χ2v) is 3.94. The predicted molar refractivity (Wildman–Crippen MR) is 66.3 cm³/mol. The van der Waals surface area contributed by atoms with Crippen molar-refractivity contribution in [1.29, 1.82) is 0 Å². The molecular formula is C12H18Cl2. The van der Waals surface area contributed by atoms with E-state index in [1.165, 1.54) is 25.7 Å². The van der Waals surface area contributed by atoms with Crippen LogP contribution in [0.2, 0.25) is 10.0 Å². The molecule has 0 heterocycles. The average molecular weight is 233 g/mol. The van der Waals surface area contributed by atoms with Crippen molar-refractivity contribution in [2.45, 2.75) is 39.5 Å². The van der Waals surface area contributed by atoms with Gasteiger partial charge in [-0.3, -0.25) is 0 Å². The van der Waals surface area contributed by atoms with Crippen LogP contribution < -0.4 is 0 Å². The van der Waals surface area contributed by atoms with E-state index in [1.54, 1.807) is 12.1 Å². The monoisotopic (exact) mass is 232 g/mol. The van der Waals surface area contributed by atoms with Gasteiger partial charge in [0, 0.05) is 0 Å². The Labute approximate surface area is 97.2 Å². The molecule has 0 saturated heterocycles. The van der Waals surface area contributed by atoms with Crippen LogP contribution in [0.25, 0.3) is 0 Å². The van der Waals surface area contributed by atoms with Gasteiger partial charge in [-0.25, -0.2) is 0 Å². The summed E-state index contributed by atoms with van der Waals surface area (Å²) in [6.07, 6.45) is 5.54. The van der Waals surface area contributed by atoms with E-state index in [1.807, 2.05) is 12.1 Å². The van der Waals surface area contributed by atoms with E-state index in [-0.39, 0.29) is 0 Å². The second kappa shape index (κ2) is 9.36. The average Bonchev–Trinajstić information content (AvgIpc) is 2.20. The minimum atomic E-state index is 0.606. The molecule has 0 aliphatic rings. The third kappa shape index (κ3) is 7.23. The Balaban J connectivity index is 0.000000255. The van der Waals surface area contributed by atoms with Gasteiger partial charge in [-0.15, -0.1) is 0 Å². The third-order valence-electron chi connectivity index (χ3n) is 1.78. The number of unbranched alkanes of at least 4 members (excludes halogenated alkanes) is 3. The number of halogens is 2. The van der Waals surface area contributed by atoms with Gasteiger partial charge in [0.25, 0.3) is 0 Å². The molecule has 0 atom stereocenters. The van der Waals surface area contributed by atoms with Crippen molar-refractivity contribution in [3.63, 3.8) is 0 Å². The number of hydrogen-bond donors (Lipinski definition) is 0. The molecular weight excluding hydrogens is 215 g/mol. The molecule has 0 nitrogen and oxygen atoms in total. The first-order chi connectivity index (χ1) is 6.72. The molecule has 0 radical (unpaired) electrons. The van der Waals surface area contributed by atoms with E-state index in [4.69, 9.17) is 23.2 Å². The van der Waals surface area contributed by atoms with Crippen molar-refractivity contribution in [2.75, 3.05) is 0 Å². The second-order valence-electron chi connectivity index (χ2n) is 3.12. The Morgan fingerprint density at radius 3 is 1.43 bits per heavy atom. The summed E-state index contributed by atoms with van der Waals surface area (Å²) in [5.74, 6) is 0. The van der Waals surface area contributed by atoms with Gasteiger partial charge in [-0.05, 0) is 12.1 Å². The van der Waals surface area contributed by atoms with Gasteiger partial charge in [-0.2, -0.15) is 0 Å². The van der Waals surface area contributed by atoms with Crippen molar-refractivity contribution in [2.24, 2.45) is 0 Å². The van der Waals surface area contributed by atoms with Gasteiger partial charge in [0.15, 0.2) is 0 Å². The van der Waals surface area contributed by atoms with Gasteiger partial charge in [0.1, 0.15) is 0 Å². The highest BCUT2D eigenvalue weighted by Gasteiger charge is 1.89. The minimum Gasteiger partial charge on any atom is -0.0827 e. The zero-order chi connectivity index (χ0) is 10.8. The Bertz CT molecular complexity index is 209. The van der Waals surface area contributed by atoms with Gasteiger partial charge in [0.2, 0.25) is 0 Å². The van der Waals surface area contributed by atoms with E-state index in [0.717, 1.165) is 0 Å². The summed E-state index contributed by atoms with van der Waals surface area (Å²) in [5, 5.41) is 1.21. The molecule has 1 aromatic rings. The quantitative estimate of drug-likeness (QED) is 0.598. The van der Waals surface area contributed by atoms with Crippen molar-refractivity contribution in [1.82, 2.24) is 0 Å². The highest BCUT2D eigenvalue weighted by atomic mass is 35.5. The summed E-state index contributed by atoms with van der Waals surface area (Å²) in [7, 11) is 0. The molecule has 0 aliphatic carbocycles. The fraction of sp³-hybridized carbons (Fsp3) is 0.500. The molecule has 0 fully saturated rings. The van der Waals surface area contributed by atoms with Crippen molar-refractivity contribution >= 4 is 23.2 Å². The van der Waals surface area contributed by atoms with Crippen LogP contribution in [0.3, 0.4) is 0 Å². The summed E-state index contributed by atoms with van der Waals surface area (Å²) in [5.41, 5.74) is 0. The molecule has 2 heteroatoms. The molecule has 0 N–H and O–H groups in total. The van der Waals surface area contributed by atoms with Crippen LogP contribution in [0.5, 0.6) is 0 Å². The lowest BCUT2D eigenvalue weighted by atomic mass is 10.2. The maximum absolute atomic E-state index is 5.58. The van der Waals surface area contributed by atoms with Gasteiger partial charge in [0.05, 0.1) is 10.0 Å². The maximum Gasteiger partial charge on any atom is 0.0592 e. The van der Waals surface area contributed by atoms with E-state index in [2.05, 4.69) is 13.8 Å². The van der Waals surface area contributed by atoms with Crippen LogP contribution in [0.4, 0.5) is 0 Å². The van der Waals surface area contributed by atoms with Gasteiger partial charge < -0.3 is 0 Å². The highest BCUT2D eigenvalue weighted by Crippen LogP contribution is 2.19. The molecule has 1 rings (SSSR count). The van der Waals surface area contributed by atoms with Crippen LogP contribution in [0, 0.1) is 0 Å². The molecule has 0 saturated carbocycles. The fourth-order valence-corrected chi connectivity index (χ4v) is 1.21. The number of benzene rings is 1. The standard InChI is InChI=1S/C6H4Cl2.C6H14/c7-5-3-1-2-4-6(5)8;1-3-5-6-4-2/h1-4H;3-6H2,1-2H3. The van der Waals surface area contributed by atoms with E-state index in [0.29, 0.717) is 10.0 Å². The van der Waals surface area contributed by atoms with E-state index < -0.39 is 0 Å². The SMILES string of the molecule is CCCCCC.Clc1ccccc1Cl. The molecule has 0 aromatic heterocycles. The molecule has 80 valence electrons. The molecule has 0 spiro atoms. The lowest BCUT2D eigenvalue weighted by Crippen LogP contribution is -1.66. The molecule has 0 bridgehead atoms. The summed E-state index contributed by atoms with van der Waals surface area (Å²) in [6.45, 7) is 4.46. The van der Waals surface area contributed by atoms with Crippen molar-refractivity contribution < 1.29 is 0 Å². The minimum absolute atomic E-state index is 0.606. The van der Waals surface area contributed by atoms with Crippen molar-refractivity contribution in [3.8, 4) is 0 Å². The lowest BCUT2D eigenvalue weighted by molar-refractivity contribution is 0.702. The van der Waals surface area contributed by atoms with Gasteiger partial charge >= 0.3 is 0 Å². The Hall–Kier alpha value is -0.200. The largest absolute Gasteiger partial charge is 0.0827 e. The zero-order valence-electron chi connectivity index (χ0n) is 8.89. The Morgan fingerprint density at radius 2 is 1.21 bits per heavy atom. The molecule has 0 aliphatic heterocycles. The van der Waals surface area contributed by atoms with Gasteiger partial charge in [-0.1, -0.05) is 74.9 Å². The first-order valence-corrected chi connectivity index (χ1v) is 5.88.